The van der Waals surface area contributed by atoms with Crippen molar-refractivity contribution in [3.63, 3.8) is 0 Å². The van der Waals surface area contributed by atoms with Crippen LogP contribution in [0, 0.1) is 12.3 Å². The highest BCUT2D eigenvalue weighted by Crippen LogP contribution is 2.53. The molecule has 3 fully saturated rings. The van der Waals surface area contributed by atoms with Crippen molar-refractivity contribution in [2.45, 2.75) is 107 Å². The molecule has 1 spiro atoms. The highest BCUT2D eigenvalue weighted by atomic mass is 32.2. The Bertz CT molecular complexity index is 1440. The molecule has 10 heteroatoms. The molecular formula is C31H43N5O4S. The molecule has 2 saturated carbocycles. The summed E-state index contributed by atoms with van der Waals surface area (Å²) < 4.78 is 27.1. The SMILES string of the molecule is Cc1cc(S(=O)(=O)C2CC3(CCN(C(C)C)CC3)C2)ccc1Nc1ncc2c(n1)N(C1CCCC1)C(=O)C2(C)CO. The molecule has 1 unspecified atom stereocenters. The molecule has 2 aliphatic heterocycles. The lowest BCUT2D eigenvalue weighted by atomic mass is 9.63. The van der Waals surface area contributed by atoms with Crippen LogP contribution in [0.1, 0.15) is 83.3 Å². The van der Waals surface area contributed by atoms with Gasteiger partial charge in [-0.05, 0) is 108 Å². The molecule has 1 aromatic carbocycles. The van der Waals surface area contributed by atoms with E-state index in [1.165, 1.54) is 0 Å². The quantitative estimate of drug-likeness (QED) is 0.491. The van der Waals surface area contributed by atoms with E-state index >= 15 is 0 Å². The second-order valence-electron chi connectivity index (χ2n) is 13.3. The number of piperidine rings is 1. The minimum atomic E-state index is -3.41. The van der Waals surface area contributed by atoms with Gasteiger partial charge in [0.05, 0.1) is 22.2 Å². The van der Waals surface area contributed by atoms with Crippen LogP contribution in [-0.2, 0) is 20.0 Å². The second kappa shape index (κ2) is 10.3. The van der Waals surface area contributed by atoms with E-state index in [1.54, 1.807) is 36.2 Å². The molecule has 0 radical (unpaired) electrons. The largest absolute Gasteiger partial charge is 0.395 e. The number of anilines is 3. The fourth-order valence-electron chi connectivity index (χ4n) is 7.45. The third-order valence-electron chi connectivity index (χ3n) is 10.4. The lowest BCUT2D eigenvalue weighted by Gasteiger charge is -2.52. The first-order valence-electron chi connectivity index (χ1n) is 15.2. The molecule has 3 heterocycles. The number of aryl methyl sites for hydroxylation is 1. The lowest BCUT2D eigenvalue weighted by Crippen LogP contribution is -2.52. The number of amides is 1. The molecular weight excluding hydrogens is 538 g/mol. The number of nitrogens with one attached hydrogen (secondary N) is 1. The first-order valence-corrected chi connectivity index (χ1v) is 16.7. The highest BCUT2D eigenvalue weighted by Gasteiger charge is 2.52. The van der Waals surface area contributed by atoms with Gasteiger partial charge in [-0.25, -0.2) is 13.4 Å². The first kappa shape index (κ1) is 28.6. The number of fused-ring (bicyclic) bond motifs is 1. The molecule has 222 valence electrons. The number of likely N-dealkylation sites (tertiary alicyclic amines) is 1. The Kier molecular flexibility index (Phi) is 7.18. The van der Waals surface area contributed by atoms with Crippen LogP contribution in [0.2, 0.25) is 0 Å². The molecule has 2 aliphatic carbocycles. The third-order valence-corrected chi connectivity index (χ3v) is 12.5. The number of aliphatic hydroxyl groups excluding tert-OH is 1. The molecule has 4 aliphatic rings. The van der Waals surface area contributed by atoms with Crippen LogP contribution in [0.5, 0.6) is 0 Å². The Morgan fingerprint density at radius 1 is 1.15 bits per heavy atom. The van der Waals surface area contributed by atoms with Crippen molar-refractivity contribution in [2.75, 3.05) is 29.9 Å². The number of hydrogen-bond acceptors (Lipinski definition) is 8. The van der Waals surface area contributed by atoms with Gasteiger partial charge in [-0.15, -0.1) is 0 Å². The zero-order valence-corrected chi connectivity index (χ0v) is 25.5. The van der Waals surface area contributed by atoms with Crippen LogP contribution in [0.25, 0.3) is 0 Å². The summed E-state index contributed by atoms with van der Waals surface area (Å²) in [6.07, 6.45) is 9.31. The Morgan fingerprint density at radius 3 is 2.44 bits per heavy atom. The second-order valence-corrected chi connectivity index (χ2v) is 15.6. The van der Waals surface area contributed by atoms with Crippen LogP contribution in [0.15, 0.2) is 29.3 Å². The van der Waals surface area contributed by atoms with Gasteiger partial charge < -0.3 is 15.3 Å². The highest BCUT2D eigenvalue weighted by molar-refractivity contribution is 7.92. The van der Waals surface area contributed by atoms with E-state index in [0.717, 1.165) is 75.7 Å². The van der Waals surface area contributed by atoms with Crippen molar-refractivity contribution in [3.8, 4) is 0 Å². The fourth-order valence-corrected chi connectivity index (χ4v) is 9.58. The van der Waals surface area contributed by atoms with Crippen molar-refractivity contribution < 1.29 is 18.3 Å². The molecule has 9 nitrogen and oxygen atoms in total. The number of nitrogens with zero attached hydrogens (tertiary/aromatic N) is 4. The number of aliphatic hydroxyl groups is 1. The Morgan fingerprint density at radius 2 is 1.83 bits per heavy atom. The molecule has 2 aromatic rings. The van der Waals surface area contributed by atoms with Crippen LogP contribution in [0.3, 0.4) is 0 Å². The topological polar surface area (TPSA) is 116 Å². The monoisotopic (exact) mass is 581 g/mol. The van der Waals surface area contributed by atoms with Crippen molar-refractivity contribution in [1.82, 2.24) is 14.9 Å². The Labute approximate surface area is 243 Å². The van der Waals surface area contributed by atoms with Crippen LogP contribution in [-0.4, -0.2) is 71.3 Å². The van der Waals surface area contributed by atoms with Gasteiger partial charge >= 0.3 is 0 Å². The van der Waals surface area contributed by atoms with E-state index in [2.05, 4.69) is 29.0 Å². The molecule has 41 heavy (non-hydrogen) atoms. The van der Waals surface area contributed by atoms with Gasteiger partial charge in [0.2, 0.25) is 11.9 Å². The maximum Gasteiger partial charge on any atom is 0.241 e. The average molecular weight is 582 g/mol. The summed E-state index contributed by atoms with van der Waals surface area (Å²) in [6, 6.07) is 5.83. The van der Waals surface area contributed by atoms with Gasteiger partial charge in [-0.3, -0.25) is 9.69 Å². The summed E-state index contributed by atoms with van der Waals surface area (Å²) in [5, 5.41) is 13.1. The minimum Gasteiger partial charge on any atom is -0.395 e. The summed E-state index contributed by atoms with van der Waals surface area (Å²) in [7, 11) is -3.41. The zero-order chi connectivity index (χ0) is 29.2. The van der Waals surface area contributed by atoms with E-state index < -0.39 is 15.3 Å². The summed E-state index contributed by atoms with van der Waals surface area (Å²) in [4.78, 5) is 27.3. The number of carbonyl (C=O) groups excluding carboxylic acids is 1. The van der Waals surface area contributed by atoms with Gasteiger partial charge in [-0.1, -0.05) is 12.8 Å². The predicted octanol–water partition coefficient (Wildman–Crippen LogP) is 4.49. The lowest BCUT2D eigenvalue weighted by molar-refractivity contribution is -0.124. The maximum absolute atomic E-state index is 13.5. The molecule has 6 rings (SSSR count). The van der Waals surface area contributed by atoms with Crippen LogP contribution in [0.4, 0.5) is 17.5 Å². The predicted molar refractivity (Wildman–Crippen MR) is 159 cm³/mol. The fraction of sp³-hybridized carbons (Fsp3) is 0.645. The van der Waals surface area contributed by atoms with Crippen molar-refractivity contribution in [1.29, 1.82) is 0 Å². The Balaban J connectivity index is 1.18. The first-order chi connectivity index (χ1) is 19.5. The minimum absolute atomic E-state index is 0.0806. The summed E-state index contributed by atoms with van der Waals surface area (Å²) in [6.45, 7) is 9.90. The van der Waals surface area contributed by atoms with Gasteiger partial charge in [0.25, 0.3) is 0 Å². The number of carbonyl (C=O) groups is 1. The van der Waals surface area contributed by atoms with Crippen molar-refractivity contribution >= 4 is 33.2 Å². The van der Waals surface area contributed by atoms with E-state index in [1.807, 2.05) is 6.92 Å². The molecule has 1 saturated heterocycles. The van der Waals surface area contributed by atoms with E-state index in [4.69, 9.17) is 4.98 Å². The van der Waals surface area contributed by atoms with Gasteiger partial charge in [0.1, 0.15) is 5.82 Å². The normalized spacial score (nSPS) is 25.2. The van der Waals surface area contributed by atoms with Crippen LogP contribution >= 0.6 is 0 Å². The van der Waals surface area contributed by atoms with E-state index in [9.17, 15) is 18.3 Å². The Hall–Kier alpha value is -2.56. The van der Waals surface area contributed by atoms with Crippen LogP contribution < -0.4 is 10.2 Å². The smallest absolute Gasteiger partial charge is 0.241 e. The zero-order valence-electron chi connectivity index (χ0n) is 24.7. The maximum atomic E-state index is 13.5. The van der Waals surface area contributed by atoms with Gasteiger partial charge in [0, 0.05) is 29.5 Å². The third kappa shape index (κ3) is 4.76. The molecule has 1 amide bonds. The van der Waals surface area contributed by atoms with Crippen molar-refractivity contribution in [2.24, 2.45) is 5.41 Å². The summed E-state index contributed by atoms with van der Waals surface area (Å²) in [5.41, 5.74) is 1.29. The van der Waals surface area contributed by atoms with Gasteiger partial charge in [-0.2, -0.15) is 4.98 Å². The molecule has 1 aromatic heterocycles. The van der Waals surface area contributed by atoms with Crippen molar-refractivity contribution in [3.05, 3.63) is 35.5 Å². The molecule has 1 atom stereocenters. The summed E-state index contributed by atoms with van der Waals surface area (Å²) >= 11 is 0. The van der Waals surface area contributed by atoms with E-state index in [-0.39, 0.29) is 29.2 Å². The molecule has 2 N–H and O–H groups in total. The van der Waals surface area contributed by atoms with E-state index in [0.29, 0.717) is 28.3 Å². The number of benzene rings is 1. The summed E-state index contributed by atoms with van der Waals surface area (Å²) in [5.74, 6) is 0.780. The standard InChI is InChI=1S/C31H43N5O4S/c1-20(2)35-13-11-31(12-14-35)16-24(17-31)41(39,40)23-9-10-26(21(3)15-23)33-29-32-18-25-27(34-29)36(22-7-5-6-8-22)28(38)30(25,4)19-37/h9-10,15,18,20,22,24,37H,5-8,11-14,16-17,19H2,1-4H3,(H,32,33,34). The average Bonchev–Trinajstić information content (AvgIpc) is 3.53. The number of sulfone groups is 1. The van der Waals surface area contributed by atoms with Gasteiger partial charge in [0.15, 0.2) is 9.84 Å². The number of aromatic nitrogens is 2. The number of rotatable bonds is 7. The molecule has 0 bridgehead atoms. The number of hydrogen-bond donors (Lipinski definition) is 2.